The Kier molecular flexibility index (Phi) is 6.63. The summed E-state index contributed by atoms with van der Waals surface area (Å²) in [5.41, 5.74) is 12.1. The van der Waals surface area contributed by atoms with Crippen LogP contribution < -0.4 is 16.2 Å². The molecule has 1 aromatic carbocycles. The predicted molar refractivity (Wildman–Crippen MR) is 76.5 cm³/mol. The number of ether oxygens (including phenoxy) is 1. The average Bonchev–Trinajstić information content (AvgIpc) is 2.36. The molecule has 0 aliphatic carbocycles. The number of hydrogen-bond donors (Lipinski definition) is 3. The van der Waals surface area contributed by atoms with E-state index in [1.54, 1.807) is 0 Å². The molecule has 0 saturated heterocycles. The van der Waals surface area contributed by atoms with Crippen molar-refractivity contribution in [3.63, 3.8) is 0 Å². The minimum Gasteiger partial charge on any atom is -0.493 e. The van der Waals surface area contributed by atoms with E-state index < -0.39 is 6.10 Å². The first kappa shape index (κ1) is 15.4. The van der Waals surface area contributed by atoms with Crippen LogP contribution in [0, 0.1) is 0 Å². The van der Waals surface area contributed by atoms with Crippen molar-refractivity contribution in [1.82, 2.24) is 0 Å². The monoisotopic (exact) mass is 316 g/mol. The molecule has 1 rings (SSSR count). The van der Waals surface area contributed by atoms with Gasteiger partial charge >= 0.3 is 0 Å². The molecule has 102 valence electrons. The van der Waals surface area contributed by atoms with Crippen molar-refractivity contribution in [1.29, 1.82) is 0 Å². The smallest absolute Gasteiger partial charge is 0.125 e. The number of halogens is 1. The van der Waals surface area contributed by atoms with E-state index in [0.717, 1.165) is 10.9 Å². The Morgan fingerprint density at radius 3 is 2.78 bits per heavy atom. The van der Waals surface area contributed by atoms with Crippen LogP contribution in [0.25, 0.3) is 0 Å². The number of benzene rings is 1. The second-order valence-electron chi connectivity index (χ2n) is 4.22. The summed E-state index contributed by atoms with van der Waals surface area (Å²) in [4.78, 5) is 0. The molecular formula is C13H21BrN2O2. The number of hydrogen-bond acceptors (Lipinski definition) is 4. The van der Waals surface area contributed by atoms with Crippen molar-refractivity contribution in [2.45, 2.75) is 31.9 Å². The van der Waals surface area contributed by atoms with Crippen LogP contribution >= 0.6 is 15.9 Å². The molecule has 4 nitrogen and oxygen atoms in total. The third-order valence-corrected chi connectivity index (χ3v) is 3.15. The highest BCUT2D eigenvalue weighted by Crippen LogP contribution is 2.30. The van der Waals surface area contributed by atoms with E-state index in [1.807, 2.05) is 25.1 Å². The molecule has 2 atom stereocenters. The van der Waals surface area contributed by atoms with E-state index >= 15 is 0 Å². The van der Waals surface area contributed by atoms with Gasteiger partial charge in [0, 0.05) is 16.1 Å². The van der Waals surface area contributed by atoms with Gasteiger partial charge in [-0.1, -0.05) is 22.9 Å². The summed E-state index contributed by atoms with van der Waals surface area (Å²) in [6.45, 7) is 3.11. The summed E-state index contributed by atoms with van der Waals surface area (Å²) in [5, 5.41) is 10.2. The lowest BCUT2D eigenvalue weighted by Crippen LogP contribution is -2.31. The van der Waals surface area contributed by atoms with Crippen LogP contribution in [0.4, 0.5) is 0 Å². The zero-order chi connectivity index (χ0) is 13.5. The van der Waals surface area contributed by atoms with Crippen molar-refractivity contribution in [3.8, 4) is 5.75 Å². The summed E-state index contributed by atoms with van der Waals surface area (Å²) in [6, 6.07) is 5.18. The summed E-state index contributed by atoms with van der Waals surface area (Å²) < 4.78 is 6.51. The lowest BCUT2D eigenvalue weighted by atomic mass is 9.99. The van der Waals surface area contributed by atoms with Crippen molar-refractivity contribution < 1.29 is 9.84 Å². The van der Waals surface area contributed by atoms with Gasteiger partial charge in [0.15, 0.2) is 0 Å². The minimum atomic E-state index is -0.766. The summed E-state index contributed by atoms with van der Waals surface area (Å²) in [5.74, 6) is 0.681. The van der Waals surface area contributed by atoms with Crippen molar-refractivity contribution >= 4 is 15.9 Å². The van der Waals surface area contributed by atoms with Crippen molar-refractivity contribution in [2.24, 2.45) is 11.5 Å². The van der Waals surface area contributed by atoms with Gasteiger partial charge < -0.3 is 21.3 Å². The largest absolute Gasteiger partial charge is 0.493 e. The highest BCUT2D eigenvalue weighted by atomic mass is 79.9. The first-order valence-corrected chi connectivity index (χ1v) is 6.95. The van der Waals surface area contributed by atoms with E-state index in [0.29, 0.717) is 30.9 Å². The van der Waals surface area contributed by atoms with Crippen molar-refractivity contribution in [2.75, 3.05) is 13.2 Å². The first-order chi connectivity index (χ1) is 8.60. The topological polar surface area (TPSA) is 81.5 Å². The fourth-order valence-electron chi connectivity index (χ4n) is 1.67. The molecule has 0 aliphatic heterocycles. The lowest BCUT2D eigenvalue weighted by Gasteiger charge is -2.21. The minimum absolute atomic E-state index is 0.381. The SMILES string of the molecule is CCCOc1ccc(Br)cc1C(O)C(N)CCN. The molecule has 1 aromatic rings. The summed E-state index contributed by atoms with van der Waals surface area (Å²) >= 11 is 3.39. The highest BCUT2D eigenvalue weighted by molar-refractivity contribution is 9.10. The maximum absolute atomic E-state index is 10.2. The molecule has 0 radical (unpaired) electrons. The van der Waals surface area contributed by atoms with Crippen LogP contribution in [0.5, 0.6) is 5.75 Å². The molecule has 2 unspecified atom stereocenters. The third-order valence-electron chi connectivity index (χ3n) is 2.66. The lowest BCUT2D eigenvalue weighted by molar-refractivity contribution is 0.138. The summed E-state index contributed by atoms with van der Waals surface area (Å²) in [6.07, 6.45) is 0.722. The van der Waals surface area contributed by atoms with Crippen LogP contribution in [-0.4, -0.2) is 24.3 Å². The second kappa shape index (κ2) is 7.74. The van der Waals surface area contributed by atoms with Gasteiger partial charge in [-0.3, -0.25) is 0 Å². The van der Waals surface area contributed by atoms with Crippen LogP contribution in [0.3, 0.4) is 0 Å². The molecule has 5 heteroatoms. The molecule has 0 aliphatic rings. The van der Waals surface area contributed by atoms with Crippen LogP contribution in [-0.2, 0) is 0 Å². The molecule has 5 N–H and O–H groups in total. The van der Waals surface area contributed by atoms with E-state index in [-0.39, 0.29) is 6.04 Å². The molecule has 0 fully saturated rings. The van der Waals surface area contributed by atoms with Gasteiger partial charge in [0.05, 0.1) is 12.7 Å². The zero-order valence-corrected chi connectivity index (χ0v) is 12.2. The number of rotatable bonds is 7. The Balaban J connectivity index is 2.92. The standard InChI is InChI=1S/C13H21BrN2O2/c1-2-7-18-12-4-3-9(14)8-10(12)13(17)11(16)5-6-15/h3-4,8,11,13,17H,2,5-7,15-16H2,1H3. The van der Waals surface area contributed by atoms with Gasteiger partial charge in [0.1, 0.15) is 5.75 Å². The van der Waals surface area contributed by atoms with Gasteiger partial charge in [-0.05, 0) is 37.6 Å². The molecule has 18 heavy (non-hydrogen) atoms. The van der Waals surface area contributed by atoms with Crippen LogP contribution in [0.1, 0.15) is 31.4 Å². The average molecular weight is 317 g/mol. The quantitative estimate of drug-likeness (QED) is 0.718. The van der Waals surface area contributed by atoms with E-state index in [2.05, 4.69) is 15.9 Å². The fraction of sp³-hybridized carbons (Fsp3) is 0.538. The summed E-state index contributed by atoms with van der Waals surface area (Å²) in [7, 11) is 0. The number of aliphatic hydroxyl groups excluding tert-OH is 1. The maximum Gasteiger partial charge on any atom is 0.125 e. The Morgan fingerprint density at radius 2 is 2.17 bits per heavy atom. The van der Waals surface area contributed by atoms with Gasteiger partial charge in [-0.2, -0.15) is 0 Å². The first-order valence-electron chi connectivity index (χ1n) is 6.16. The van der Waals surface area contributed by atoms with Gasteiger partial charge in [-0.15, -0.1) is 0 Å². The Morgan fingerprint density at radius 1 is 1.44 bits per heavy atom. The van der Waals surface area contributed by atoms with E-state index in [4.69, 9.17) is 16.2 Å². The van der Waals surface area contributed by atoms with Gasteiger partial charge in [-0.25, -0.2) is 0 Å². The van der Waals surface area contributed by atoms with E-state index in [9.17, 15) is 5.11 Å². The molecule has 0 bridgehead atoms. The fourth-order valence-corrected chi connectivity index (χ4v) is 2.05. The molecule has 0 aromatic heterocycles. The Hall–Kier alpha value is -0.620. The molecule has 0 saturated carbocycles. The predicted octanol–water partition coefficient (Wildman–Crippen LogP) is 1.95. The van der Waals surface area contributed by atoms with Gasteiger partial charge in [0.2, 0.25) is 0 Å². The van der Waals surface area contributed by atoms with E-state index in [1.165, 1.54) is 0 Å². The molecule has 0 amide bonds. The third kappa shape index (κ3) is 4.24. The zero-order valence-electron chi connectivity index (χ0n) is 10.6. The maximum atomic E-state index is 10.2. The highest BCUT2D eigenvalue weighted by Gasteiger charge is 2.20. The van der Waals surface area contributed by atoms with Crippen LogP contribution in [0.2, 0.25) is 0 Å². The van der Waals surface area contributed by atoms with Gasteiger partial charge in [0.25, 0.3) is 0 Å². The molecule has 0 heterocycles. The number of aliphatic hydroxyl groups is 1. The van der Waals surface area contributed by atoms with Crippen molar-refractivity contribution in [3.05, 3.63) is 28.2 Å². The Bertz CT molecular complexity index is 374. The molecular weight excluding hydrogens is 296 g/mol. The second-order valence-corrected chi connectivity index (χ2v) is 5.13. The molecule has 0 spiro atoms. The number of nitrogens with two attached hydrogens (primary N) is 2. The van der Waals surface area contributed by atoms with Crippen LogP contribution in [0.15, 0.2) is 22.7 Å². The Labute approximate surface area is 116 Å². The normalized spacial score (nSPS) is 14.3.